The molecular weight excluding hydrogens is 336 g/mol. The fraction of sp³-hybridized carbons (Fsp3) is 1.00. The number of hydrogen-bond acceptors (Lipinski definition) is 0. The Bertz CT molecular complexity index is 76.4. The average molecular weight is 362 g/mol. The van der Waals surface area contributed by atoms with Gasteiger partial charge in [-0.3, -0.25) is 0 Å². The Balaban J connectivity index is 0. The molecule has 0 bridgehead atoms. The van der Waals surface area contributed by atoms with Gasteiger partial charge in [0.25, 0.3) is 0 Å². The van der Waals surface area contributed by atoms with Crippen molar-refractivity contribution in [2.45, 2.75) is 75.1 Å². The molecule has 14 heavy (non-hydrogen) atoms. The van der Waals surface area contributed by atoms with Gasteiger partial charge in [-0.25, -0.2) is 0 Å². The van der Waals surface area contributed by atoms with Crippen LogP contribution in [0.3, 0.4) is 0 Å². The van der Waals surface area contributed by atoms with Gasteiger partial charge in [-0.05, 0) is 0 Å². The molecule has 0 atom stereocenters. The van der Waals surface area contributed by atoms with Crippen molar-refractivity contribution in [3.05, 3.63) is 0 Å². The van der Waals surface area contributed by atoms with Crippen LogP contribution in [0, 0.1) is 0 Å². The smallest absolute Gasteiger partial charge is 1.00 e. The molecule has 0 aliphatic heterocycles. The van der Waals surface area contributed by atoms with Crippen LogP contribution < -0.4 is 17.0 Å². The van der Waals surface area contributed by atoms with E-state index < -0.39 is 0 Å². The Morgan fingerprint density at radius 3 is 1.36 bits per heavy atom. The largest absolute Gasteiger partial charge is 1.00 e. The summed E-state index contributed by atoms with van der Waals surface area (Å²) in [4.78, 5) is 0. The zero-order valence-electron chi connectivity index (χ0n) is 9.86. The topological polar surface area (TPSA) is 0 Å². The van der Waals surface area contributed by atoms with Crippen LogP contribution in [0.4, 0.5) is 0 Å². The van der Waals surface area contributed by atoms with E-state index in [9.17, 15) is 0 Å². The van der Waals surface area contributed by atoms with Crippen LogP contribution in [-0.4, -0.2) is 0 Å². The van der Waals surface area contributed by atoms with Gasteiger partial charge in [0.15, 0.2) is 0 Å². The first-order valence-corrected chi connectivity index (χ1v) is 9.06. The van der Waals surface area contributed by atoms with E-state index >= 15 is 0 Å². The quantitative estimate of drug-likeness (QED) is 0.412. The third-order valence-corrected chi connectivity index (χ3v) is 4.03. The minimum Gasteiger partial charge on any atom is -1.00 e. The monoisotopic (exact) mass is 362 g/mol. The van der Waals surface area contributed by atoms with E-state index in [1.165, 1.54) is 90.0 Å². The van der Waals surface area contributed by atoms with Crippen molar-refractivity contribution in [1.82, 2.24) is 0 Å². The molecule has 0 heterocycles. The second-order valence-corrected chi connectivity index (χ2v) is 6.05. The van der Waals surface area contributed by atoms with Crippen LogP contribution >= 0.6 is 0 Å². The van der Waals surface area contributed by atoms with Crippen molar-refractivity contribution in [1.29, 1.82) is 0 Å². The van der Waals surface area contributed by atoms with Crippen molar-refractivity contribution >= 4 is 0 Å². The van der Waals surface area contributed by atoms with Gasteiger partial charge >= 0.3 is 101 Å². The molecule has 0 rings (SSSR count). The summed E-state index contributed by atoms with van der Waals surface area (Å²) in [5.41, 5.74) is 0. The summed E-state index contributed by atoms with van der Waals surface area (Å²) in [6, 6.07) is 0. The molecule has 0 aliphatic carbocycles. The molecule has 0 nitrogen and oxygen atoms in total. The number of rotatable bonds is 10. The summed E-state index contributed by atoms with van der Waals surface area (Å²) in [5.74, 6) is 0. The van der Waals surface area contributed by atoms with Gasteiger partial charge in [0.05, 0.1) is 0 Å². The van der Waals surface area contributed by atoms with Crippen LogP contribution in [0.5, 0.6) is 0 Å². The fourth-order valence-corrected chi connectivity index (χ4v) is 2.67. The van der Waals surface area contributed by atoms with Crippen LogP contribution in [0.25, 0.3) is 0 Å². The fourth-order valence-electron chi connectivity index (χ4n) is 1.66. The predicted octanol–water partition coefficient (Wildman–Crippen LogP) is 1.88. The number of unbranched alkanes of at least 4 members (excludes halogenated alkanes) is 9. The van der Waals surface area contributed by atoms with E-state index in [2.05, 4.69) is 6.92 Å². The summed E-state index contributed by atoms with van der Waals surface area (Å²) < 4.78 is 1.54. The summed E-state index contributed by atoms with van der Waals surface area (Å²) in [6.07, 6.45) is 14.8. The van der Waals surface area contributed by atoms with Gasteiger partial charge in [-0.1, -0.05) is 0 Å². The molecular formula is C12H25BrCd. The molecule has 0 spiro atoms. The van der Waals surface area contributed by atoms with E-state index in [4.69, 9.17) is 0 Å². The zero-order chi connectivity index (χ0) is 9.78. The average Bonchev–Trinajstić information content (AvgIpc) is 2.16. The SMILES string of the molecule is CCCCCCCCCCC[CH2][Cd+].[Br-]. The van der Waals surface area contributed by atoms with E-state index in [1.54, 1.807) is 3.98 Å². The molecule has 0 saturated heterocycles. The van der Waals surface area contributed by atoms with Gasteiger partial charge < -0.3 is 17.0 Å². The summed E-state index contributed by atoms with van der Waals surface area (Å²) in [5, 5.41) is 0. The number of hydrogen-bond donors (Lipinski definition) is 0. The first-order valence-electron chi connectivity index (χ1n) is 6.21. The Hall–Kier alpha value is 1.40. The Morgan fingerprint density at radius 1 is 0.643 bits per heavy atom. The van der Waals surface area contributed by atoms with Gasteiger partial charge in [-0.2, -0.15) is 0 Å². The number of halogens is 1. The molecule has 0 unspecified atom stereocenters. The Kier molecular flexibility index (Phi) is 21.4. The molecule has 82 valence electrons. The molecule has 0 aromatic carbocycles. The molecule has 0 radical (unpaired) electrons. The maximum absolute atomic E-state index is 2.29. The normalized spacial score (nSPS) is 9.93. The molecule has 0 aromatic heterocycles. The molecule has 0 N–H and O–H groups in total. The minimum absolute atomic E-state index is 0. The summed E-state index contributed by atoms with van der Waals surface area (Å²) in [6.45, 7) is 2.29. The maximum atomic E-state index is 2.29. The van der Waals surface area contributed by atoms with Crippen molar-refractivity contribution in [2.75, 3.05) is 0 Å². The van der Waals surface area contributed by atoms with Crippen molar-refractivity contribution < 1.29 is 42.7 Å². The Labute approximate surface area is 117 Å². The van der Waals surface area contributed by atoms with Crippen LogP contribution in [0.2, 0.25) is 3.98 Å². The third-order valence-electron chi connectivity index (χ3n) is 2.60. The second-order valence-electron chi connectivity index (χ2n) is 4.04. The predicted molar refractivity (Wildman–Crippen MR) is 56.7 cm³/mol. The standard InChI is InChI=1S/C12H25.BrH.Cd/c1-3-5-7-9-11-12-10-8-6-4-2;;/h1,3-12H2,2H3;1H;/q;;+1/p-1. The Morgan fingerprint density at radius 2 is 1.00 bits per heavy atom. The maximum Gasteiger partial charge on any atom is -1.00 e. The molecule has 0 aromatic rings. The molecule has 0 amide bonds. The molecule has 2 heteroatoms. The third kappa shape index (κ3) is 15.9. The van der Waals surface area contributed by atoms with E-state index in [1.807, 2.05) is 0 Å². The van der Waals surface area contributed by atoms with E-state index in [0.717, 1.165) is 0 Å². The van der Waals surface area contributed by atoms with Gasteiger partial charge in [0, 0.05) is 0 Å². The summed E-state index contributed by atoms with van der Waals surface area (Å²) in [7, 11) is 0. The molecule has 0 saturated carbocycles. The van der Waals surface area contributed by atoms with Gasteiger partial charge in [0.2, 0.25) is 0 Å². The van der Waals surface area contributed by atoms with E-state index in [-0.39, 0.29) is 17.0 Å². The second kappa shape index (κ2) is 16.8. The zero-order valence-corrected chi connectivity index (χ0v) is 15.5. The summed E-state index contributed by atoms with van der Waals surface area (Å²) >= 11 is 1.21. The van der Waals surface area contributed by atoms with Crippen molar-refractivity contribution in [3.63, 3.8) is 0 Å². The van der Waals surface area contributed by atoms with E-state index in [0.29, 0.717) is 0 Å². The van der Waals surface area contributed by atoms with Gasteiger partial charge in [0.1, 0.15) is 0 Å². The molecule has 0 aliphatic rings. The van der Waals surface area contributed by atoms with Crippen LogP contribution in [0.1, 0.15) is 71.1 Å². The molecule has 0 fully saturated rings. The van der Waals surface area contributed by atoms with Gasteiger partial charge in [-0.15, -0.1) is 0 Å². The minimum atomic E-state index is 0. The first-order chi connectivity index (χ1) is 6.41. The van der Waals surface area contributed by atoms with Crippen LogP contribution in [-0.2, 0) is 25.8 Å². The van der Waals surface area contributed by atoms with Crippen molar-refractivity contribution in [3.8, 4) is 0 Å². The first kappa shape index (κ1) is 17.8. The van der Waals surface area contributed by atoms with Crippen LogP contribution in [0.15, 0.2) is 0 Å². The van der Waals surface area contributed by atoms with Crippen molar-refractivity contribution in [2.24, 2.45) is 0 Å².